The third kappa shape index (κ3) is 6.10. The fourth-order valence-corrected chi connectivity index (χ4v) is 1.20. The summed E-state index contributed by atoms with van der Waals surface area (Å²) in [7, 11) is 0. The van der Waals surface area contributed by atoms with Crippen LogP contribution in [0, 0.1) is 0 Å². The molecule has 15 heavy (non-hydrogen) atoms. The second-order valence-electron chi connectivity index (χ2n) is 3.27. The van der Waals surface area contributed by atoms with E-state index in [0.717, 1.165) is 31.8 Å². The Bertz CT molecular complexity index is 239. The van der Waals surface area contributed by atoms with E-state index in [9.17, 15) is 0 Å². The molecule has 0 saturated carbocycles. The molecule has 0 amide bonds. The van der Waals surface area contributed by atoms with Gasteiger partial charge in [0.15, 0.2) is 0 Å². The van der Waals surface area contributed by atoms with E-state index in [0.29, 0.717) is 13.2 Å². The van der Waals surface area contributed by atoms with Crippen LogP contribution in [0.2, 0.25) is 0 Å². The lowest BCUT2D eigenvalue weighted by Crippen LogP contribution is -2.09. The molecular weight excluding hydrogens is 190 g/mol. The van der Waals surface area contributed by atoms with Gasteiger partial charge in [0.25, 0.3) is 0 Å². The first-order valence-electron chi connectivity index (χ1n) is 5.39. The molecule has 0 spiro atoms. The van der Waals surface area contributed by atoms with E-state index >= 15 is 0 Å². The van der Waals surface area contributed by atoms with Crippen LogP contribution in [-0.4, -0.2) is 26.4 Å². The van der Waals surface area contributed by atoms with Gasteiger partial charge in [0.2, 0.25) is 0 Å². The van der Waals surface area contributed by atoms with Gasteiger partial charge in [-0.05, 0) is 25.0 Å². The summed E-state index contributed by atoms with van der Waals surface area (Å²) in [6.07, 6.45) is 2.03. The SMILES string of the molecule is NCCOCCCCOc1ccccc1. The summed E-state index contributed by atoms with van der Waals surface area (Å²) in [6, 6.07) is 9.85. The predicted octanol–water partition coefficient (Wildman–Crippen LogP) is 1.82. The van der Waals surface area contributed by atoms with E-state index in [1.807, 2.05) is 30.3 Å². The fraction of sp³-hybridized carbons (Fsp3) is 0.500. The Hall–Kier alpha value is -1.06. The van der Waals surface area contributed by atoms with Crippen LogP contribution in [0.1, 0.15) is 12.8 Å². The Kier molecular flexibility index (Phi) is 6.62. The van der Waals surface area contributed by atoms with Crippen molar-refractivity contribution in [1.82, 2.24) is 0 Å². The number of hydrogen-bond donors (Lipinski definition) is 1. The molecule has 0 atom stereocenters. The molecule has 2 N–H and O–H groups in total. The quantitative estimate of drug-likeness (QED) is 0.664. The highest BCUT2D eigenvalue weighted by Gasteiger charge is 1.92. The zero-order valence-electron chi connectivity index (χ0n) is 9.02. The molecule has 0 aliphatic rings. The highest BCUT2D eigenvalue weighted by atomic mass is 16.5. The molecular formula is C12H19NO2. The van der Waals surface area contributed by atoms with E-state index in [2.05, 4.69) is 0 Å². The Morgan fingerprint density at radius 3 is 2.40 bits per heavy atom. The number of nitrogens with two attached hydrogens (primary N) is 1. The maximum atomic E-state index is 5.53. The van der Waals surface area contributed by atoms with E-state index in [4.69, 9.17) is 15.2 Å². The van der Waals surface area contributed by atoms with Gasteiger partial charge in [0.05, 0.1) is 13.2 Å². The highest BCUT2D eigenvalue weighted by Crippen LogP contribution is 2.08. The van der Waals surface area contributed by atoms with Gasteiger partial charge in [-0.15, -0.1) is 0 Å². The van der Waals surface area contributed by atoms with Crippen molar-refractivity contribution in [3.8, 4) is 5.75 Å². The Morgan fingerprint density at radius 2 is 1.67 bits per heavy atom. The summed E-state index contributed by atoms with van der Waals surface area (Å²) in [6.45, 7) is 2.77. The Labute approximate surface area is 91.2 Å². The van der Waals surface area contributed by atoms with Gasteiger partial charge in [0, 0.05) is 13.2 Å². The third-order valence-corrected chi connectivity index (χ3v) is 1.96. The summed E-state index contributed by atoms with van der Waals surface area (Å²) in [5, 5.41) is 0. The maximum absolute atomic E-state index is 5.53. The van der Waals surface area contributed by atoms with Crippen LogP contribution in [0.5, 0.6) is 5.75 Å². The molecule has 1 aromatic carbocycles. The summed E-state index contributed by atoms with van der Waals surface area (Å²) < 4.78 is 10.8. The molecule has 0 fully saturated rings. The van der Waals surface area contributed by atoms with Gasteiger partial charge in [-0.3, -0.25) is 0 Å². The molecule has 3 heteroatoms. The van der Waals surface area contributed by atoms with Gasteiger partial charge in [-0.1, -0.05) is 18.2 Å². The maximum Gasteiger partial charge on any atom is 0.119 e. The number of hydrogen-bond acceptors (Lipinski definition) is 3. The van der Waals surface area contributed by atoms with E-state index in [1.54, 1.807) is 0 Å². The fourth-order valence-electron chi connectivity index (χ4n) is 1.20. The van der Waals surface area contributed by atoms with Gasteiger partial charge in [-0.2, -0.15) is 0 Å². The molecule has 0 radical (unpaired) electrons. The van der Waals surface area contributed by atoms with Crippen molar-refractivity contribution < 1.29 is 9.47 Å². The van der Waals surface area contributed by atoms with Crippen molar-refractivity contribution >= 4 is 0 Å². The zero-order valence-corrected chi connectivity index (χ0v) is 9.02. The third-order valence-electron chi connectivity index (χ3n) is 1.96. The van der Waals surface area contributed by atoms with Gasteiger partial charge < -0.3 is 15.2 Å². The number of benzene rings is 1. The van der Waals surface area contributed by atoms with Gasteiger partial charge in [0.1, 0.15) is 5.75 Å². The normalized spacial score (nSPS) is 10.2. The first kappa shape index (κ1) is 12.0. The lowest BCUT2D eigenvalue weighted by atomic mass is 10.3. The Morgan fingerprint density at radius 1 is 0.933 bits per heavy atom. The minimum absolute atomic E-state index is 0.598. The van der Waals surface area contributed by atoms with E-state index < -0.39 is 0 Å². The summed E-state index contributed by atoms with van der Waals surface area (Å²) in [5.41, 5.74) is 5.30. The number of para-hydroxylation sites is 1. The molecule has 0 bridgehead atoms. The average molecular weight is 209 g/mol. The lowest BCUT2D eigenvalue weighted by Gasteiger charge is -2.05. The largest absolute Gasteiger partial charge is 0.494 e. The van der Waals surface area contributed by atoms with E-state index in [-0.39, 0.29) is 0 Å². The topological polar surface area (TPSA) is 44.5 Å². The van der Waals surface area contributed by atoms with Crippen molar-refractivity contribution in [3.63, 3.8) is 0 Å². The standard InChI is InChI=1S/C12H19NO2/c13-8-11-14-9-4-5-10-15-12-6-2-1-3-7-12/h1-3,6-7H,4-5,8-11,13H2. The van der Waals surface area contributed by atoms with Gasteiger partial charge in [-0.25, -0.2) is 0 Å². The summed E-state index contributed by atoms with van der Waals surface area (Å²) in [5.74, 6) is 0.931. The van der Waals surface area contributed by atoms with Crippen LogP contribution in [0.15, 0.2) is 30.3 Å². The van der Waals surface area contributed by atoms with Crippen LogP contribution >= 0.6 is 0 Å². The average Bonchev–Trinajstić information content (AvgIpc) is 2.29. The lowest BCUT2D eigenvalue weighted by molar-refractivity contribution is 0.133. The molecule has 1 rings (SSSR count). The zero-order chi connectivity index (χ0) is 10.8. The van der Waals surface area contributed by atoms with Crippen LogP contribution in [0.25, 0.3) is 0 Å². The predicted molar refractivity (Wildman–Crippen MR) is 61.0 cm³/mol. The summed E-state index contributed by atoms with van der Waals surface area (Å²) in [4.78, 5) is 0. The van der Waals surface area contributed by atoms with Crippen molar-refractivity contribution in [2.45, 2.75) is 12.8 Å². The molecule has 3 nitrogen and oxygen atoms in total. The van der Waals surface area contributed by atoms with Crippen LogP contribution in [-0.2, 0) is 4.74 Å². The summed E-state index contributed by atoms with van der Waals surface area (Å²) >= 11 is 0. The van der Waals surface area contributed by atoms with Crippen molar-refractivity contribution in [2.75, 3.05) is 26.4 Å². The van der Waals surface area contributed by atoms with Crippen molar-refractivity contribution in [1.29, 1.82) is 0 Å². The second-order valence-corrected chi connectivity index (χ2v) is 3.27. The first-order valence-corrected chi connectivity index (χ1v) is 5.39. The second kappa shape index (κ2) is 8.26. The Balaban J connectivity index is 1.93. The molecule has 0 aromatic heterocycles. The number of ether oxygens (including phenoxy) is 2. The minimum atomic E-state index is 0.598. The van der Waals surface area contributed by atoms with Gasteiger partial charge >= 0.3 is 0 Å². The van der Waals surface area contributed by atoms with Crippen LogP contribution < -0.4 is 10.5 Å². The number of unbranched alkanes of at least 4 members (excludes halogenated alkanes) is 1. The van der Waals surface area contributed by atoms with Crippen molar-refractivity contribution in [3.05, 3.63) is 30.3 Å². The molecule has 0 saturated heterocycles. The van der Waals surface area contributed by atoms with Crippen LogP contribution in [0.4, 0.5) is 0 Å². The monoisotopic (exact) mass is 209 g/mol. The molecule has 1 aromatic rings. The van der Waals surface area contributed by atoms with Crippen molar-refractivity contribution in [2.24, 2.45) is 5.73 Å². The number of rotatable bonds is 8. The molecule has 0 unspecified atom stereocenters. The highest BCUT2D eigenvalue weighted by molar-refractivity contribution is 5.20. The molecule has 0 aliphatic heterocycles. The first-order chi connectivity index (χ1) is 7.43. The van der Waals surface area contributed by atoms with E-state index in [1.165, 1.54) is 0 Å². The molecule has 0 aliphatic carbocycles. The van der Waals surface area contributed by atoms with Crippen LogP contribution in [0.3, 0.4) is 0 Å². The smallest absolute Gasteiger partial charge is 0.119 e. The molecule has 84 valence electrons. The molecule has 0 heterocycles. The minimum Gasteiger partial charge on any atom is -0.494 e.